The Morgan fingerprint density at radius 3 is 2.79 bits per heavy atom. The van der Waals surface area contributed by atoms with Crippen LogP contribution < -0.4 is 10.2 Å². The van der Waals surface area contributed by atoms with E-state index in [1.807, 2.05) is 0 Å². The second-order valence-electron chi connectivity index (χ2n) is 5.32. The second kappa shape index (κ2) is 4.81. The molecule has 1 saturated heterocycles. The molecule has 1 amide bonds. The molecule has 1 aliphatic rings. The Kier molecular flexibility index (Phi) is 3.49. The Morgan fingerprint density at radius 2 is 2.16 bits per heavy atom. The van der Waals surface area contributed by atoms with Gasteiger partial charge >= 0.3 is 0 Å². The largest absolute Gasteiger partial charge is 0.389 e. The fraction of sp³-hybridized carbons (Fsp3) is 0.500. The van der Waals surface area contributed by atoms with Crippen molar-refractivity contribution in [2.45, 2.75) is 32.4 Å². The molecule has 1 aliphatic heterocycles. The number of halogens is 1. The molecule has 0 spiro atoms. The summed E-state index contributed by atoms with van der Waals surface area (Å²) in [7, 11) is 0. The number of benzene rings is 1. The van der Waals surface area contributed by atoms with Gasteiger partial charge in [0.1, 0.15) is 11.4 Å². The fourth-order valence-corrected chi connectivity index (χ4v) is 2.44. The topological polar surface area (TPSA) is 52.6 Å². The number of nitrogens with one attached hydrogen (secondary N) is 1. The highest BCUT2D eigenvalue weighted by molar-refractivity contribution is 5.90. The predicted molar refractivity (Wildman–Crippen MR) is 71.5 cm³/mol. The van der Waals surface area contributed by atoms with Gasteiger partial charge in [-0.05, 0) is 26.8 Å². The van der Waals surface area contributed by atoms with Crippen molar-refractivity contribution in [1.82, 2.24) is 5.32 Å². The average molecular weight is 266 g/mol. The van der Waals surface area contributed by atoms with E-state index in [4.69, 9.17) is 0 Å². The number of anilines is 1. The number of hydrogen-bond acceptors (Lipinski definition) is 3. The zero-order valence-corrected chi connectivity index (χ0v) is 11.4. The lowest BCUT2D eigenvalue weighted by atomic mass is 9.95. The maximum absolute atomic E-state index is 14.2. The zero-order valence-electron chi connectivity index (χ0n) is 11.4. The smallest absolute Gasteiger partial charge is 0.245 e. The molecule has 1 aromatic rings. The molecular weight excluding hydrogens is 247 g/mol. The first-order chi connectivity index (χ1) is 8.85. The zero-order chi connectivity index (χ0) is 14.2. The first kappa shape index (κ1) is 13.8. The van der Waals surface area contributed by atoms with Crippen LogP contribution in [0.5, 0.6) is 0 Å². The molecule has 1 atom stereocenters. The molecular formula is C14H19FN2O2. The molecule has 0 radical (unpaired) electrons. The first-order valence-electron chi connectivity index (χ1n) is 6.38. The van der Waals surface area contributed by atoms with Crippen molar-refractivity contribution in [2.75, 3.05) is 18.0 Å². The number of hydrogen-bond donors (Lipinski definition) is 2. The van der Waals surface area contributed by atoms with Crippen molar-refractivity contribution < 1.29 is 14.3 Å². The Morgan fingerprint density at radius 1 is 1.47 bits per heavy atom. The van der Waals surface area contributed by atoms with E-state index < -0.39 is 17.5 Å². The van der Waals surface area contributed by atoms with E-state index in [1.54, 1.807) is 37.8 Å². The first-order valence-corrected chi connectivity index (χ1v) is 6.38. The number of nitrogens with zero attached hydrogens (tertiary/aromatic N) is 1. The Hall–Kier alpha value is -1.62. The molecule has 104 valence electrons. The predicted octanol–water partition coefficient (Wildman–Crippen LogP) is 1.59. The van der Waals surface area contributed by atoms with Gasteiger partial charge in [0.15, 0.2) is 0 Å². The maximum atomic E-state index is 14.2. The molecule has 0 aliphatic carbocycles. The molecule has 0 aromatic heterocycles. The highest BCUT2D eigenvalue weighted by Crippen LogP contribution is 2.34. The second-order valence-corrected chi connectivity index (χ2v) is 5.32. The number of piperazine rings is 1. The molecule has 1 fully saturated rings. The van der Waals surface area contributed by atoms with Crippen LogP contribution in [-0.4, -0.2) is 29.6 Å². The molecule has 4 nitrogen and oxygen atoms in total. The van der Waals surface area contributed by atoms with E-state index in [9.17, 15) is 14.3 Å². The molecule has 19 heavy (non-hydrogen) atoms. The number of carbonyl (C=O) groups excluding carboxylic acids is 1. The third kappa shape index (κ3) is 2.30. The summed E-state index contributed by atoms with van der Waals surface area (Å²) in [6.45, 7) is 6.07. The average Bonchev–Trinajstić information content (AvgIpc) is 2.33. The molecule has 1 heterocycles. The Balaban J connectivity index is 2.54. The minimum atomic E-state index is -0.843. The van der Waals surface area contributed by atoms with Crippen molar-refractivity contribution in [3.8, 4) is 0 Å². The standard InChI is InChI=1S/C14H19FN2O2/c1-9(18)10-5-4-6-11(15)12(10)17-8-7-16-13(19)14(17,2)3/h4-6,9,18H,7-8H2,1-3H3,(H,16,19). The number of aliphatic hydroxyl groups excluding tert-OH is 1. The number of carbonyl (C=O) groups is 1. The molecule has 0 saturated carbocycles. The van der Waals surface area contributed by atoms with Crippen molar-refractivity contribution in [3.63, 3.8) is 0 Å². The van der Waals surface area contributed by atoms with Crippen LogP contribution in [0.25, 0.3) is 0 Å². The van der Waals surface area contributed by atoms with Crippen molar-refractivity contribution in [3.05, 3.63) is 29.6 Å². The highest BCUT2D eigenvalue weighted by atomic mass is 19.1. The lowest BCUT2D eigenvalue weighted by Gasteiger charge is -2.43. The monoisotopic (exact) mass is 266 g/mol. The van der Waals surface area contributed by atoms with Crippen molar-refractivity contribution in [1.29, 1.82) is 0 Å². The van der Waals surface area contributed by atoms with E-state index in [0.29, 0.717) is 24.3 Å². The van der Waals surface area contributed by atoms with Gasteiger partial charge in [-0.3, -0.25) is 4.79 Å². The third-order valence-corrected chi connectivity index (χ3v) is 3.59. The Bertz CT molecular complexity index is 500. The van der Waals surface area contributed by atoms with Crippen LogP contribution in [-0.2, 0) is 4.79 Å². The van der Waals surface area contributed by atoms with Crippen LogP contribution in [0, 0.1) is 5.82 Å². The minimum Gasteiger partial charge on any atom is -0.389 e. The molecule has 5 heteroatoms. The van der Waals surface area contributed by atoms with Gasteiger partial charge in [-0.2, -0.15) is 0 Å². The van der Waals surface area contributed by atoms with Gasteiger partial charge in [-0.15, -0.1) is 0 Å². The minimum absolute atomic E-state index is 0.140. The number of para-hydroxylation sites is 1. The lowest BCUT2D eigenvalue weighted by Crippen LogP contribution is -2.62. The Labute approximate surface area is 112 Å². The number of rotatable bonds is 2. The number of aliphatic hydroxyl groups is 1. The van der Waals surface area contributed by atoms with E-state index >= 15 is 0 Å². The van der Waals surface area contributed by atoms with Gasteiger partial charge in [0.25, 0.3) is 0 Å². The molecule has 0 bridgehead atoms. The normalized spacial score (nSPS) is 20.1. The van der Waals surface area contributed by atoms with Crippen LogP contribution in [0.15, 0.2) is 18.2 Å². The highest BCUT2D eigenvalue weighted by Gasteiger charge is 2.39. The van der Waals surface area contributed by atoms with E-state index in [-0.39, 0.29) is 5.91 Å². The third-order valence-electron chi connectivity index (χ3n) is 3.59. The van der Waals surface area contributed by atoms with Crippen LogP contribution in [0.2, 0.25) is 0 Å². The van der Waals surface area contributed by atoms with Crippen LogP contribution >= 0.6 is 0 Å². The molecule has 1 unspecified atom stereocenters. The van der Waals surface area contributed by atoms with E-state index in [2.05, 4.69) is 5.32 Å². The van der Waals surface area contributed by atoms with E-state index in [0.717, 1.165) is 0 Å². The van der Waals surface area contributed by atoms with Gasteiger partial charge in [0.2, 0.25) is 5.91 Å². The molecule has 2 rings (SSSR count). The van der Waals surface area contributed by atoms with Crippen molar-refractivity contribution in [2.24, 2.45) is 0 Å². The van der Waals surface area contributed by atoms with Gasteiger partial charge < -0.3 is 15.3 Å². The fourth-order valence-electron chi connectivity index (χ4n) is 2.44. The van der Waals surface area contributed by atoms with Crippen LogP contribution in [0.1, 0.15) is 32.4 Å². The summed E-state index contributed by atoms with van der Waals surface area (Å²) in [5.74, 6) is -0.556. The summed E-state index contributed by atoms with van der Waals surface area (Å²) in [4.78, 5) is 13.7. The van der Waals surface area contributed by atoms with Gasteiger partial charge in [0, 0.05) is 18.7 Å². The van der Waals surface area contributed by atoms with E-state index in [1.165, 1.54) is 6.07 Å². The quantitative estimate of drug-likeness (QED) is 0.854. The van der Waals surface area contributed by atoms with Crippen LogP contribution in [0.3, 0.4) is 0 Å². The van der Waals surface area contributed by atoms with Crippen LogP contribution in [0.4, 0.5) is 10.1 Å². The summed E-state index contributed by atoms with van der Waals surface area (Å²) in [6, 6.07) is 4.60. The maximum Gasteiger partial charge on any atom is 0.245 e. The van der Waals surface area contributed by atoms with Crippen molar-refractivity contribution >= 4 is 11.6 Å². The van der Waals surface area contributed by atoms with Gasteiger partial charge in [0.05, 0.1) is 11.8 Å². The van der Waals surface area contributed by atoms with Gasteiger partial charge in [-0.1, -0.05) is 12.1 Å². The summed E-state index contributed by atoms with van der Waals surface area (Å²) >= 11 is 0. The summed E-state index contributed by atoms with van der Waals surface area (Å²) in [6.07, 6.45) is -0.786. The summed E-state index contributed by atoms with van der Waals surface area (Å²) < 4.78 is 14.2. The molecule has 1 aromatic carbocycles. The summed E-state index contributed by atoms with van der Waals surface area (Å²) in [5, 5.41) is 12.6. The SMILES string of the molecule is CC(O)c1cccc(F)c1N1CCNC(=O)C1(C)C. The summed E-state index contributed by atoms with van der Waals surface area (Å²) in [5.41, 5.74) is -0.0236. The molecule has 2 N–H and O–H groups in total. The lowest BCUT2D eigenvalue weighted by molar-refractivity contribution is -0.126. The van der Waals surface area contributed by atoms with Gasteiger partial charge in [-0.25, -0.2) is 4.39 Å². The number of amides is 1.